The van der Waals surface area contributed by atoms with Gasteiger partial charge in [0.2, 0.25) is 5.78 Å². The molecule has 2 rings (SSSR count). The Hall–Kier alpha value is -2.96. The number of Topliss-reactive ketones (excluding diaryl/α,β-unsaturated/α-hetero) is 1. The maximum absolute atomic E-state index is 12.8. The predicted octanol–water partition coefficient (Wildman–Crippen LogP) is 1.85. The van der Waals surface area contributed by atoms with Crippen LogP contribution in [0.3, 0.4) is 0 Å². The Morgan fingerprint density at radius 1 is 1.24 bits per heavy atom. The minimum atomic E-state index is -1.07. The van der Waals surface area contributed by atoms with Gasteiger partial charge in [-0.2, -0.15) is 0 Å². The molecule has 25 heavy (non-hydrogen) atoms. The molecule has 1 heterocycles. The van der Waals surface area contributed by atoms with Crippen LogP contribution in [0.5, 0.6) is 0 Å². The molecule has 2 amide bonds. The summed E-state index contributed by atoms with van der Waals surface area (Å²) in [4.78, 5) is 36.1. The van der Waals surface area contributed by atoms with Crippen molar-refractivity contribution < 1.29 is 18.9 Å². The van der Waals surface area contributed by atoms with Crippen molar-refractivity contribution in [2.24, 2.45) is 11.7 Å². The first-order valence-corrected chi connectivity index (χ1v) is 8.03. The minimum Gasteiger partial charge on any atom is -0.363 e. The number of rotatable bonds is 7. The van der Waals surface area contributed by atoms with E-state index in [0.717, 1.165) is 0 Å². The van der Waals surface area contributed by atoms with Gasteiger partial charge in [-0.05, 0) is 12.8 Å². The third kappa shape index (κ3) is 3.93. The quantitative estimate of drug-likeness (QED) is 0.744. The monoisotopic (exact) mass is 343 g/mol. The Labute approximate surface area is 145 Å². The first-order valence-electron chi connectivity index (χ1n) is 8.03. The van der Waals surface area contributed by atoms with Crippen LogP contribution in [0, 0.1) is 12.8 Å². The van der Waals surface area contributed by atoms with Gasteiger partial charge in [-0.25, -0.2) is 0 Å². The van der Waals surface area contributed by atoms with E-state index >= 15 is 0 Å². The van der Waals surface area contributed by atoms with Gasteiger partial charge in [0.1, 0.15) is 11.6 Å². The number of nitrogens with two attached hydrogens (primary N) is 1. The number of carbonyl (C=O) groups excluding carboxylic acids is 3. The van der Waals surface area contributed by atoms with Gasteiger partial charge in [0.05, 0.1) is 5.69 Å². The second-order valence-electron chi connectivity index (χ2n) is 5.90. The van der Waals surface area contributed by atoms with E-state index < -0.39 is 23.6 Å². The van der Waals surface area contributed by atoms with Crippen LogP contribution in [-0.4, -0.2) is 28.8 Å². The molecule has 0 saturated carbocycles. The molecule has 0 aliphatic heterocycles. The van der Waals surface area contributed by atoms with Gasteiger partial charge in [-0.15, -0.1) is 0 Å². The highest BCUT2D eigenvalue weighted by atomic mass is 16.5. The molecule has 2 unspecified atom stereocenters. The van der Waals surface area contributed by atoms with E-state index in [2.05, 4.69) is 10.5 Å². The van der Waals surface area contributed by atoms with E-state index in [1.807, 2.05) is 25.1 Å². The Morgan fingerprint density at radius 2 is 1.88 bits per heavy atom. The van der Waals surface area contributed by atoms with Crippen LogP contribution in [0.4, 0.5) is 0 Å². The lowest BCUT2D eigenvalue weighted by molar-refractivity contribution is -0.137. The van der Waals surface area contributed by atoms with Crippen molar-refractivity contribution in [3.8, 4) is 11.3 Å². The zero-order valence-electron chi connectivity index (χ0n) is 14.4. The number of ketones is 1. The number of aryl methyl sites for hydroxylation is 1. The molecule has 1 aromatic carbocycles. The molecule has 0 bridgehead atoms. The van der Waals surface area contributed by atoms with Gasteiger partial charge in [0.15, 0.2) is 5.76 Å². The molecule has 0 aliphatic rings. The van der Waals surface area contributed by atoms with E-state index in [1.54, 1.807) is 26.0 Å². The summed E-state index contributed by atoms with van der Waals surface area (Å²) in [6, 6.07) is 8.06. The van der Waals surface area contributed by atoms with Gasteiger partial charge < -0.3 is 15.6 Å². The fourth-order valence-electron chi connectivity index (χ4n) is 2.49. The molecule has 2 atom stereocenters. The molecule has 0 radical (unpaired) electrons. The average molecular weight is 343 g/mol. The molecule has 3 N–H and O–H groups in total. The second-order valence-corrected chi connectivity index (χ2v) is 5.90. The third-order valence-corrected chi connectivity index (χ3v) is 4.15. The lowest BCUT2D eigenvalue weighted by Crippen LogP contribution is -2.49. The molecular weight excluding hydrogens is 322 g/mol. The summed E-state index contributed by atoms with van der Waals surface area (Å²) in [5.41, 5.74) is 6.42. The van der Waals surface area contributed by atoms with E-state index in [9.17, 15) is 14.4 Å². The SMILES string of the molecule is CCC(C)C(NC(=O)c1c(C)noc1-c1ccccc1)C(=O)C(N)=O. The number of nitrogens with zero attached hydrogens (tertiary/aromatic N) is 1. The van der Waals surface area contributed by atoms with Crippen molar-refractivity contribution in [1.29, 1.82) is 0 Å². The number of amides is 2. The molecule has 0 aliphatic carbocycles. The lowest BCUT2D eigenvalue weighted by Gasteiger charge is -2.21. The summed E-state index contributed by atoms with van der Waals surface area (Å²) in [7, 11) is 0. The van der Waals surface area contributed by atoms with Crippen LogP contribution in [0.25, 0.3) is 11.3 Å². The van der Waals surface area contributed by atoms with Gasteiger partial charge in [-0.3, -0.25) is 14.4 Å². The van der Waals surface area contributed by atoms with Crippen LogP contribution in [0.1, 0.15) is 36.3 Å². The summed E-state index contributed by atoms with van der Waals surface area (Å²) >= 11 is 0. The fourth-order valence-corrected chi connectivity index (χ4v) is 2.49. The molecule has 0 saturated heterocycles. The van der Waals surface area contributed by atoms with Gasteiger partial charge in [0.25, 0.3) is 11.8 Å². The highest BCUT2D eigenvalue weighted by Gasteiger charge is 2.32. The summed E-state index contributed by atoms with van der Waals surface area (Å²) in [6.45, 7) is 5.27. The standard InChI is InChI=1S/C18H21N3O4/c1-4-10(2)14(15(22)17(19)23)20-18(24)13-11(3)21-25-16(13)12-8-6-5-7-9-12/h5-10,14H,4H2,1-3H3,(H2,19,23)(H,20,24). The highest BCUT2D eigenvalue weighted by molar-refractivity contribution is 6.38. The van der Waals surface area contributed by atoms with Crippen LogP contribution in [0.15, 0.2) is 34.9 Å². The molecule has 0 fully saturated rings. The number of hydrogen-bond donors (Lipinski definition) is 2. The van der Waals surface area contributed by atoms with Crippen LogP contribution in [-0.2, 0) is 9.59 Å². The first-order chi connectivity index (χ1) is 11.9. The molecule has 132 valence electrons. The van der Waals surface area contributed by atoms with Crippen molar-refractivity contribution in [2.75, 3.05) is 0 Å². The Balaban J connectivity index is 2.36. The molecule has 1 aromatic heterocycles. The number of primary amides is 1. The molecule has 7 nitrogen and oxygen atoms in total. The maximum atomic E-state index is 12.8. The largest absolute Gasteiger partial charge is 0.363 e. The summed E-state index contributed by atoms with van der Waals surface area (Å²) in [5.74, 6) is -2.36. The van der Waals surface area contributed by atoms with Crippen LogP contribution in [0.2, 0.25) is 0 Å². The summed E-state index contributed by atoms with van der Waals surface area (Å²) < 4.78 is 5.29. The Bertz CT molecular complexity index is 783. The number of aromatic nitrogens is 1. The first kappa shape index (κ1) is 18.4. The van der Waals surface area contributed by atoms with Crippen molar-refractivity contribution in [3.05, 3.63) is 41.6 Å². The van der Waals surface area contributed by atoms with Gasteiger partial charge in [-0.1, -0.05) is 55.8 Å². The molecule has 0 spiro atoms. The molecular formula is C18H21N3O4. The third-order valence-electron chi connectivity index (χ3n) is 4.15. The van der Waals surface area contributed by atoms with Crippen LogP contribution >= 0.6 is 0 Å². The molecule has 2 aromatic rings. The number of carbonyl (C=O) groups is 3. The number of hydrogen-bond acceptors (Lipinski definition) is 5. The van der Waals surface area contributed by atoms with E-state index in [0.29, 0.717) is 23.4 Å². The Kier molecular flexibility index (Phi) is 5.69. The maximum Gasteiger partial charge on any atom is 0.287 e. The topological polar surface area (TPSA) is 115 Å². The van der Waals surface area contributed by atoms with Crippen LogP contribution < -0.4 is 11.1 Å². The van der Waals surface area contributed by atoms with E-state index in [-0.39, 0.29) is 11.5 Å². The smallest absolute Gasteiger partial charge is 0.287 e. The van der Waals surface area contributed by atoms with Crippen molar-refractivity contribution >= 4 is 17.6 Å². The molecule has 7 heteroatoms. The normalized spacial score (nSPS) is 13.1. The second kappa shape index (κ2) is 7.74. The summed E-state index contributed by atoms with van der Waals surface area (Å²) in [6.07, 6.45) is 0.595. The fraction of sp³-hybridized carbons (Fsp3) is 0.333. The zero-order valence-corrected chi connectivity index (χ0v) is 14.4. The van der Waals surface area contributed by atoms with Gasteiger partial charge >= 0.3 is 0 Å². The predicted molar refractivity (Wildman–Crippen MR) is 91.6 cm³/mol. The number of benzene rings is 1. The van der Waals surface area contributed by atoms with Gasteiger partial charge in [0, 0.05) is 5.56 Å². The summed E-state index contributed by atoms with van der Waals surface area (Å²) in [5, 5.41) is 6.47. The zero-order chi connectivity index (χ0) is 18.6. The van der Waals surface area contributed by atoms with Crippen molar-refractivity contribution in [2.45, 2.75) is 33.2 Å². The lowest BCUT2D eigenvalue weighted by atomic mass is 9.94. The Morgan fingerprint density at radius 3 is 2.44 bits per heavy atom. The van der Waals surface area contributed by atoms with Crippen molar-refractivity contribution in [3.63, 3.8) is 0 Å². The van der Waals surface area contributed by atoms with Crippen molar-refractivity contribution in [1.82, 2.24) is 10.5 Å². The van der Waals surface area contributed by atoms with E-state index in [1.165, 1.54) is 0 Å². The average Bonchev–Trinajstić information content (AvgIpc) is 3.00. The minimum absolute atomic E-state index is 0.233. The highest BCUT2D eigenvalue weighted by Crippen LogP contribution is 2.26. The number of nitrogens with one attached hydrogen (secondary N) is 1. The van der Waals surface area contributed by atoms with E-state index in [4.69, 9.17) is 10.3 Å².